The largest absolute Gasteiger partial charge is 0.432 e. The summed E-state index contributed by atoms with van der Waals surface area (Å²) in [5, 5.41) is 0. The van der Waals surface area contributed by atoms with Gasteiger partial charge in [0.1, 0.15) is 28.8 Å². The SMILES string of the molecule is C/C=C/CCC1CCC(c2cnc(-c3ccc(-c4cc(F)c(C(F)(F)Oc5cc(F)c(F)c(F)c5)c(F)c4)c(F)c3)nc2)CC1. The molecule has 1 saturated carbocycles. The van der Waals surface area contributed by atoms with E-state index in [0.29, 0.717) is 29.5 Å². The Labute approximate surface area is 254 Å². The molecule has 236 valence electrons. The summed E-state index contributed by atoms with van der Waals surface area (Å²) in [4.78, 5) is 8.78. The van der Waals surface area contributed by atoms with Crippen molar-refractivity contribution in [3.05, 3.63) is 113 Å². The molecule has 1 aromatic heterocycles. The van der Waals surface area contributed by atoms with Gasteiger partial charge in [0.05, 0.1) is 0 Å². The first-order chi connectivity index (χ1) is 21.5. The van der Waals surface area contributed by atoms with Crippen molar-refractivity contribution >= 4 is 0 Å². The van der Waals surface area contributed by atoms with Crippen LogP contribution in [0.3, 0.4) is 0 Å². The summed E-state index contributed by atoms with van der Waals surface area (Å²) >= 11 is 0. The normalized spacial score (nSPS) is 17.2. The number of aromatic nitrogens is 2. The fourth-order valence-electron chi connectivity index (χ4n) is 5.67. The first kappa shape index (κ1) is 32.1. The monoisotopic (exact) mass is 632 g/mol. The van der Waals surface area contributed by atoms with Gasteiger partial charge in [-0.25, -0.2) is 36.3 Å². The van der Waals surface area contributed by atoms with Gasteiger partial charge in [0.2, 0.25) is 0 Å². The molecule has 0 unspecified atom stereocenters. The van der Waals surface area contributed by atoms with Crippen LogP contribution in [0.2, 0.25) is 0 Å². The number of hydrogen-bond donors (Lipinski definition) is 0. The topological polar surface area (TPSA) is 35.0 Å². The molecule has 0 N–H and O–H groups in total. The van der Waals surface area contributed by atoms with Gasteiger partial charge in [0, 0.05) is 35.7 Å². The fraction of sp³-hybridized carbons (Fsp3) is 0.294. The predicted molar refractivity (Wildman–Crippen MR) is 152 cm³/mol. The molecule has 0 amide bonds. The van der Waals surface area contributed by atoms with Crippen LogP contribution in [0.1, 0.15) is 62.5 Å². The van der Waals surface area contributed by atoms with Gasteiger partial charge in [-0.3, -0.25) is 0 Å². The van der Waals surface area contributed by atoms with E-state index in [4.69, 9.17) is 0 Å². The first-order valence-electron chi connectivity index (χ1n) is 14.4. The minimum atomic E-state index is -4.76. The summed E-state index contributed by atoms with van der Waals surface area (Å²) in [5.74, 6) is -10.1. The van der Waals surface area contributed by atoms with E-state index in [9.17, 15) is 30.7 Å². The molecule has 1 heterocycles. The van der Waals surface area contributed by atoms with E-state index in [0.717, 1.165) is 43.7 Å². The van der Waals surface area contributed by atoms with Crippen LogP contribution in [0.15, 0.2) is 67.0 Å². The maximum Gasteiger partial charge on any atom is 0.432 e. The Kier molecular flexibility index (Phi) is 9.55. The minimum Gasteiger partial charge on any atom is -0.429 e. The Balaban J connectivity index is 1.30. The average Bonchev–Trinajstić information content (AvgIpc) is 2.99. The lowest BCUT2D eigenvalue weighted by Crippen LogP contribution is -2.25. The van der Waals surface area contributed by atoms with E-state index in [1.807, 2.05) is 6.92 Å². The number of hydrogen-bond acceptors (Lipinski definition) is 3. The number of allylic oxidation sites excluding steroid dienone is 2. The van der Waals surface area contributed by atoms with Crippen LogP contribution in [0, 0.1) is 40.8 Å². The highest BCUT2D eigenvalue weighted by Crippen LogP contribution is 2.39. The van der Waals surface area contributed by atoms with E-state index in [2.05, 4.69) is 26.9 Å². The van der Waals surface area contributed by atoms with Gasteiger partial charge in [0.25, 0.3) is 0 Å². The second-order valence-electron chi connectivity index (χ2n) is 11.0. The zero-order valence-corrected chi connectivity index (χ0v) is 24.1. The second-order valence-corrected chi connectivity index (χ2v) is 11.0. The molecule has 11 heteroatoms. The van der Waals surface area contributed by atoms with Crippen LogP contribution in [-0.2, 0) is 6.11 Å². The Hall–Kier alpha value is -4.28. The highest BCUT2D eigenvalue weighted by Gasteiger charge is 2.41. The number of ether oxygens (including phenoxy) is 1. The zero-order valence-electron chi connectivity index (χ0n) is 24.1. The van der Waals surface area contributed by atoms with Crippen molar-refractivity contribution in [1.29, 1.82) is 0 Å². The van der Waals surface area contributed by atoms with Gasteiger partial charge >= 0.3 is 6.11 Å². The zero-order chi connectivity index (χ0) is 32.3. The molecule has 1 aliphatic rings. The van der Waals surface area contributed by atoms with Crippen molar-refractivity contribution in [3.63, 3.8) is 0 Å². The predicted octanol–water partition coefficient (Wildman–Crippen LogP) is 10.4. The Morgan fingerprint density at radius 3 is 1.96 bits per heavy atom. The molecule has 0 aliphatic heterocycles. The summed E-state index contributed by atoms with van der Waals surface area (Å²) in [6, 6.07) is 4.86. The third-order valence-corrected chi connectivity index (χ3v) is 8.04. The molecule has 0 bridgehead atoms. The van der Waals surface area contributed by atoms with Crippen molar-refractivity contribution in [2.24, 2.45) is 5.92 Å². The maximum absolute atomic E-state index is 15.2. The molecule has 4 aromatic rings. The van der Waals surface area contributed by atoms with E-state index in [1.54, 1.807) is 12.4 Å². The summed E-state index contributed by atoms with van der Waals surface area (Å²) in [6.07, 6.45) is 9.56. The molecule has 0 atom stereocenters. The maximum atomic E-state index is 15.2. The molecule has 0 saturated heterocycles. The van der Waals surface area contributed by atoms with Gasteiger partial charge in [-0.2, -0.15) is 8.78 Å². The molecule has 0 radical (unpaired) electrons. The lowest BCUT2D eigenvalue weighted by atomic mass is 9.78. The summed E-state index contributed by atoms with van der Waals surface area (Å²) in [5.41, 5.74) is -1.28. The third-order valence-electron chi connectivity index (χ3n) is 8.04. The molecule has 45 heavy (non-hydrogen) atoms. The molecule has 5 rings (SSSR count). The number of rotatable bonds is 9. The number of benzene rings is 3. The van der Waals surface area contributed by atoms with Crippen LogP contribution in [0.25, 0.3) is 22.5 Å². The van der Waals surface area contributed by atoms with Gasteiger partial charge < -0.3 is 4.74 Å². The third kappa shape index (κ3) is 7.18. The smallest absolute Gasteiger partial charge is 0.429 e. The van der Waals surface area contributed by atoms with Crippen molar-refractivity contribution in [2.45, 2.75) is 57.5 Å². The summed E-state index contributed by atoms with van der Waals surface area (Å²) in [6.45, 7) is 2.02. The quantitative estimate of drug-likeness (QED) is 0.105. The van der Waals surface area contributed by atoms with Crippen LogP contribution < -0.4 is 4.74 Å². The lowest BCUT2D eigenvalue weighted by molar-refractivity contribution is -0.189. The van der Waals surface area contributed by atoms with E-state index >= 15 is 4.39 Å². The van der Waals surface area contributed by atoms with E-state index < -0.39 is 57.9 Å². The van der Waals surface area contributed by atoms with Crippen molar-refractivity contribution in [2.75, 3.05) is 0 Å². The molecule has 1 fully saturated rings. The molecule has 3 nitrogen and oxygen atoms in total. The Bertz CT molecular complexity index is 1650. The van der Waals surface area contributed by atoms with Gasteiger partial charge in [0.15, 0.2) is 23.3 Å². The Morgan fingerprint density at radius 2 is 1.38 bits per heavy atom. The van der Waals surface area contributed by atoms with E-state index in [1.165, 1.54) is 18.6 Å². The van der Waals surface area contributed by atoms with Crippen molar-refractivity contribution in [3.8, 4) is 28.3 Å². The van der Waals surface area contributed by atoms with Crippen molar-refractivity contribution < 1.29 is 39.9 Å². The number of nitrogens with zero attached hydrogens (tertiary/aromatic N) is 2. The summed E-state index contributed by atoms with van der Waals surface area (Å²) in [7, 11) is 0. The van der Waals surface area contributed by atoms with Crippen LogP contribution in [0.4, 0.5) is 35.1 Å². The fourth-order valence-corrected chi connectivity index (χ4v) is 5.67. The van der Waals surface area contributed by atoms with Crippen LogP contribution in [-0.4, -0.2) is 9.97 Å². The highest BCUT2D eigenvalue weighted by atomic mass is 19.3. The standard InChI is InChI=1S/C34H28F8N2O/c1-2-3-4-5-19-6-8-20(9-7-19)23-17-43-33(44-18-23)21-10-11-25(26(35)12-21)22-13-27(36)31(28(37)14-22)34(41,42)45-24-15-29(38)32(40)30(39)16-24/h2-3,10-20H,4-9H2,1H3/b3-2+. The molecule has 0 spiro atoms. The minimum absolute atomic E-state index is 0.100. The molecular formula is C34H28F8N2O. The van der Waals surface area contributed by atoms with Crippen LogP contribution >= 0.6 is 0 Å². The van der Waals surface area contributed by atoms with Crippen LogP contribution in [0.5, 0.6) is 5.75 Å². The van der Waals surface area contributed by atoms with Gasteiger partial charge in [-0.05, 0) is 86.6 Å². The van der Waals surface area contributed by atoms with Gasteiger partial charge in [-0.1, -0.05) is 24.3 Å². The number of alkyl halides is 2. The second kappa shape index (κ2) is 13.4. The van der Waals surface area contributed by atoms with Gasteiger partial charge in [-0.15, -0.1) is 0 Å². The Morgan fingerprint density at radius 1 is 0.778 bits per heavy atom. The highest BCUT2D eigenvalue weighted by molar-refractivity contribution is 5.69. The molecular weight excluding hydrogens is 604 g/mol. The lowest BCUT2D eigenvalue weighted by Gasteiger charge is -2.28. The average molecular weight is 633 g/mol. The molecule has 3 aromatic carbocycles. The first-order valence-corrected chi connectivity index (χ1v) is 14.4. The molecule has 1 aliphatic carbocycles. The summed E-state index contributed by atoms with van der Waals surface area (Å²) < 4.78 is 118. The number of halogens is 8. The van der Waals surface area contributed by atoms with Crippen molar-refractivity contribution in [1.82, 2.24) is 9.97 Å². The van der Waals surface area contributed by atoms with E-state index in [-0.39, 0.29) is 23.5 Å².